The van der Waals surface area contributed by atoms with Gasteiger partial charge in [-0.1, -0.05) is 0 Å². The summed E-state index contributed by atoms with van der Waals surface area (Å²) in [7, 11) is -3.91. The minimum absolute atomic E-state index is 0.0877. The monoisotopic (exact) mass is 370 g/mol. The molecule has 2 aromatic heterocycles. The molecule has 3 heterocycles. The van der Waals surface area contributed by atoms with E-state index in [1.54, 1.807) is 30.1 Å². The maximum absolute atomic E-state index is 12.7. The van der Waals surface area contributed by atoms with Gasteiger partial charge in [-0.25, -0.2) is 17.9 Å². The van der Waals surface area contributed by atoms with Crippen molar-refractivity contribution in [3.05, 3.63) is 34.5 Å². The zero-order valence-corrected chi connectivity index (χ0v) is 14.7. The third-order valence-electron chi connectivity index (χ3n) is 3.73. The second-order valence-corrected chi connectivity index (χ2v) is 8.66. The standard InChI is InChI=1S/C14H18N4O4S2/c1-9(8-18-6-2-4-16-18)17-24(21,22)14-12(13(19)20)10-3-5-15-7-11(10)23-14/h2,4,6,9,15,17H,3,5,7-8H2,1H3,(H,19,20)/t9-/m1/s1. The van der Waals surface area contributed by atoms with Gasteiger partial charge in [0.05, 0.1) is 12.1 Å². The first-order valence-corrected chi connectivity index (χ1v) is 9.77. The Balaban J connectivity index is 1.89. The largest absolute Gasteiger partial charge is 0.478 e. The molecule has 1 aliphatic rings. The SMILES string of the molecule is C[C@H](Cn1cccn1)NS(=O)(=O)c1sc2c(c1C(=O)O)CCNC2. The third kappa shape index (κ3) is 3.36. The normalized spacial score (nSPS) is 15.9. The van der Waals surface area contributed by atoms with E-state index in [1.807, 2.05) is 0 Å². The van der Waals surface area contributed by atoms with E-state index >= 15 is 0 Å². The van der Waals surface area contributed by atoms with Gasteiger partial charge in [-0.05, 0) is 31.5 Å². The zero-order valence-electron chi connectivity index (χ0n) is 13.0. The van der Waals surface area contributed by atoms with E-state index in [1.165, 1.54) is 0 Å². The van der Waals surface area contributed by atoms with Crippen molar-refractivity contribution >= 4 is 27.3 Å². The molecule has 3 rings (SSSR count). The van der Waals surface area contributed by atoms with Gasteiger partial charge in [0.2, 0.25) is 0 Å². The number of nitrogens with zero attached hydrogens (tertiary/aromatic N) is 2. The summed E-state index contributed by atoms with van der Waals surface area (Å²) in [6.45, 7) is 3.22. The lowest BCUT2D eigenvalue weighted by Gasteiger charge is -2.14. The summed E-state index contributed by atoms with van der Waals surface area (Å²) in [4.78, 5) is 12.4. The van der Waals surface area contributed by atoms with E-state index in [2.05, 4.69) is 15.1 Å². The lowest BCUT2D eigenvalue weighted by Crippen LogP contribution is -2.36. The van der Waals surface area contributed by atoms with Gasteiger partial charge in [0.1, 0.15) is 4.21 Å². The van der Waals surface area contributed by atoms with Crippen LogP contribution < -0.4 is 10.0 Å². The highest BCUT2D eigenvalue weighted by molar-refractivity contribution is 7.91. The molecule has 0 aromatic carbocycles. The van der Waals surface area contributed by atoms with E-state index in [-0.39, 0.29) is 9.77 Å². The lowest BCUT2D eigenvalue weighted by molar-refractivity contribution is 0.0692. The molecule has 10 heteroatoms. The summed E-state index contributed by atoms with van der Waals surface area (Å²) < 4.78 is 29.5. The number of nitrogens with one attached hydrogen (secondary N) is 2. The van der Waals surface area contributed by atoms with Crippen molar-refractivity contribution < 1.29 is 18.3 Å². The van der Waals surface area contributed by atoms with E-state index in [0.29, 0.717) is 31.6 Å². The minimum Gasteiger partial charge on any atom is -0.478 e. The molecular weight excluding hydrogens is 352 g/mol. The first kappa shape index (κ1) is 17.1. The Labute approximate surface area is 143 Å². The highest BCUT2D eigenvalue weighted by Crippen LogP contribution is 2.34. The number of carboxylic acid groups (broad SMARTS) is 1. The number of carbonyl (C=O) groups is 1. The number of hydrogen-bond donors (Lipinski definition) is 3. The minimum atomic E-state index is -3.91. The van der Waals surface area contributed by atoms with E-state index in [9.17, 15) is 18.3 Å². The van der Waals surface area contributed by atoms with Crippen molar-refractivity contribution in [3.8, 4) is 0 Å². The Morgan fingerprint density at radius 3 is 3.04 bits per heavy atom. The maximum Gasteiger partial charge on any atom is 0.338 e. The highest BCUT2D eigenvalue weighted by Gasteiger charge is 2.32. The topological polar surface area (TPSA) is 113 Å². The fourth-order valence-electron chi connectivity index (χ4n) is 2.76. The number of carboxylic acids is 1. The number of aromatic nitrogens is 2. The predicted molar refractivity (Wildman–Crippen MR) is 88.7 cm³/mol. The van der Waals surface area contributed by atoms with E-state index in [4.69, 9.17) is 0 Å². The quantitative estimate of drug-likeness (QED) is 0.688. The second-order valence-electron chi connectivity index (χ2n) is 5.65. The van der Waals surface area contributed by atoms with Crippen LogP contribution in [0.2, 0.25) is 0 Å². The van der Waals surface area contributed by atoms with Crippen molar-refractivity contribution in [2.24, 2.45) is 0 Å². The van der Waals surface area contributed by atoms with Gasteiger partial charge in [-0.2, -0.15) is 5.10 Å². The lowest BCUT2D eigenvalue weighted by atomic mass is 10.1. The molecule has 0 bridgehead atoms. The Morgan fingerprint density at radius 1 is 1.58 bits per heavy atom. The molecule has 0 amide bonds. The van der Waals surface area contributed by atoms with Crippen LogP contribution in [0.5, 0.6) is 0 Å². The summed E-state index contributed by atoms with van der Waals surface area (Å²) >= 11 is 1.03. The summed E-state index contributed by atoms with van der Waals surface area (Å²) in [5.74, 6) is -1.20. The Kier molecular flexibility index (Phi) is 4.72. The zero-order chi connectivity index (χ0) is 17.3. The number of aromatic carboxylic acids is 1. The molecule has 0 saturated heterocycles. The second kappa shape index (κ2) is 6.63. The van der Waals surface area contributed by atoms with Crippen LogP contribution in [0.3, 0.4) is 0 Å². The van der Waals surface area contributed by atoms with Crippen LogP contribution in [0.15, 0.2) is 22.7 Å². The molecule has 1 atom stereocenters. The van der Waals surface area contributed by atoms with Crippen molar-refractivity contribution in [2.75, 3.05) is 6.54 Å². The Hall–Kier alpha value is -1.75. The number of sulfonamides is 1. The molecule has 0 fully saturated rings. The maximum atomic E-state index is 12.7. The van der Waals surface area contributed by atoms with Gasteiger partial charge < -0.3 is 10.4 Å². The molecule has 0 saturated carbocycles. The first-order valence-electron chi connectivity index (χ1n) is 7.47. The molecule has 0 unspecified atom stereocenters. The van der Waals surface area contributed by atoms with Gasteiger partial charge in [0, 0.05) is 29.9 Å². The van der Waals surface area contributed by atoms with Gasteiger partial charge in [-0.15, -0.1) is 11.3 Å². The molecule has 130 valence electrons. The average molecular weight is 370 g/mol. The molecule has 0 aliphatic carbocycles. The predicted octanol–water partition coefficient (Wildman–Crippen LogP) is 0.656. The fraction of sp³-hybridized carbons (Fsp3) is 0.429. The van der Waals surface area contributed by atoms with Crippen molar-refractivity contribution in [1.29, 1.82) is 0 Å². The van der Waals surface area contributed by atoms with Crippen molar-refractivity contribution in [3.63, 3.8) is 0 Å². The third-order valence-corrected chi connectivity index (χ3v) is 7.07. The molecule has 1 aliphatic heterocycles. The molecule has 0 radical (unpaired) electrons. The molecule has 3 N–H and O–H groups in total. The molecular formula is C14H18N4O4S2. The number of hydrogen-bond acceptors (Lipinski definition) is 6. The smallest absolute Gasteiger partial charge is 0.338 e. The van der Waals surface area contributed by atoms with E-state index < -0.39 is 22.0 Å². The summed E-state index contributed by atoms with van der Waals surface area (Å²) in [6.07, 6.45) is 3.87. The first-order chi connectivity index (χ1) is 11.4. The van der Waals surface area contributed by atoms with Gasteiger partial charge in [0.25, 0.3) is 10.0 Å². The number of fused-ring (bicyclic) bond motifs is 1. The molecule has 0 spiro atoms. The molecule has 8 nitrogen and oxygen atoms in total. The van der Waals surface area contributed by atoms with Crippen molar-refractivity contribution in [1.82, 2.24) is 19.8 Å². The van der Waals surface area contributed by atoms with Crippen LogP contribution in [-0.2, 0) is 29.5 Å². The highest BCUT2D eigenvalue weighted by atomic mass is 32.2. The Bertz CT molecular complexity index is 843. The van der Waals surface area contributed by atoms with Crippen LogP contribution in [0.4, 0.5) is 0 Å². The van der Waals surface area contributed by atoms with Crippen LogP contribution in [-0.4, -0.2) is 41.9 Å². The van der Waals surface area contributed by atoms with E-state index in [0.717, 1.165) is 16.2 Å². The van der Waals surface area contributed by atoms with Crippen molar-refractivity contribution in [2.45, 2.75) is 36.7 Å². The van der Waals surface area contributed by atoms with Gasteiger partial charge in [-0.3, -0.25) is 4.68 Å². The molecule has 2 aromatic rings. The Morgan fingerprint density at radius 2 is 2.38 bits per heavy atom. The average Bonchev–Trinajstić information content (AvgIpc) is 3.13. The van der Waals surface area contributed by atoms with Gasteiger partial charge >= 0.3 is 5.97 Å². The number of thiophene rings is 1. The van der Waals surface area contributed by atoms with Crippen LogP contribution >= 0.6 is 11.3 Å². The number of rotatable bonds is 6. The summed E-state index contributed by atoms with van der Waals surface area (Å²) in [5, 5.41) is 16.7. The molecule has 24 heavy (non-hydrogen) atoms. The fourth-order valence-corrected chi connectivity index (χ4v) is 5.87. The van der Waals surface area contributed by atoms with Crippen LogP contribution in [0.1, 0.15) is 27.7 Å². The summed E-state index contributed by atoms with van der Waals surface area (Å²) in [6, 6.07) is 1.33. The van der Waals surface area contributed by atoms with Crippen LogP contribution in [0, 0.1) is 0 Å². The van der Waals surface area contributed by atoms with Crippen LogP contribution in [0.25, 0.3) is 0 Å². The van der Waals surface area contributed by atoms with Gasteiger partial charge in [0.15, 0.2) is 0 Å². The summed E-state index contributed by atoms with van der Waals surface area (Å²) in [5.41, 5.74) is 0.543.